The number of methoxy groups -OCH3 is 1. The molecule has 108 valence electrons. The summed E-state index contributed by atoms with van der Waals surface area (Å²) in [7, 11) is 1.68. The number of nitrogens with one attached hydrogen (secondary N) is 2. The van der Waals surface area contributed by atoms with Crippen molar-refractivity contribution >= 4 is 17.8 Å². The number of aromatic nitrogens is 2. The van der Waals surface area contributed by atoms with Gasteiger partial charge in [0.05, 0.1) is 13.2 Å². The fourth-order valence-electron chi connectivity index (χ4n) is 1.95. The molecule has 0 amide bonds. The van der Waals surface area contributed by atoms with Gasteiger partial charge in [-0.2, -0.15) is 11.8 Å². The first-order valence-corrected chi connectivity index (χ1v) is 7.87. The maximum Gasteiger partial charge on any atom is 0.315 e. The Morgan fingerprint density at radius 3 is 3.00 bits per heavy atom. The van der Waals surface area contributed by atoms with Crippen LogP contribution in [0, 0.1) is 5.92 Å². The topological polar surface area (TPSA) is 72.2 Å². The van der Waals surface area contributed by atoms with Gasteiger partial charge in [-0.15, -0.1) is 5.10 Å². The fraction of sp³-hybridized carbons (Fsp3) is 0.833. The molecule has 0 aromatic carbocycles. The molecular weight excluding hydrogens is 264 g/mol. The van der Waals surface area contributed by atoms with Crippen LogP contribution in [0.3, 0.4) is 0 Å². The maximum atomic E-state index is 5.51. The average Bonchev–Trinajstić information content (AvgIpc) is 2.91. The number of nitrogens with zero attached hydrogens (tertiary/aromatic N) is 2. The van der Waals surface area contributed by atoms with Gasteiger partial charge in [0.2, 0.25) is 5.89 Å². The lowest BCUT2D eigenvalue weighted by Gasteiger charge is -2.20. The van der Waals surface area contributed by atoms with Crippen molar-refractivity contribution in [3.8, 4) is 0 Å². The molecule has 0 atom stereocenters. The molecule has 1 aromatic rings. The Hall–Kier alpha value is -0.790. The summed E-state index contributed by atoms with van der Waals surface area (Å²) in [6, 6.07) is 0.529. The first-order valence-electron chi connectivity index (χ1n) is 6.72. The molecule has 6 nitrogen and oxygen atoms in total. The monoisotopic (exact) mass is 286 g/mol. The van der Waals surface area contributed by atoms with Crippen molar-refractivity contribution in [3.05, 3.63) is 5.89 Å². The van der Waals surface area contributed by atoms with Gasteiger partial charge in [0.25, 0.3) is 0 Å². The third-order valence-corrected chi connectivity index (χ3v) is 4.16. The van der Waals surface area contributed by atoms with Gasteiger partial charge in [-0.1, -0.05) is 5.10 Å². The van der Waals surface area contributed by atoms with E-state index in [1.54, 1.807) is 7.11 Å². The van der Waals surface area contributed by atoms with Crippen LogP contribution in [-0.4, -0.2) is 48.5 Å². The molecule has 2 rings (SSSR count). The lowest BCUT2D eigenvalue weighted by atomic mass is 10.0. The smallest absolute Gasteiger partial charge is 0.315 e. The minimum Gasteiger partial charge on any atom is -0.407 e. The van der Waals surface area contributed by atoms with E-state index in [2.05, 4.69) is 20.8 Å². The van der Waals surface area contributed by atoms with Crippen LogP contribution < -0.4 is 10.6 Å². The summed E-state index contributed by atoms with van der Waals surface area (Å²) in [5, 5.41) is 14.4. The standard InChI is InChI=1S/C12H22N4O2S/c1-17-5-4-13-9-11-15-16-12(18-11)14-8-10-2-6-19-7-3-10/h10,13H,2-9H2,1H3,(H,14,16). The van der Waals surface area contributed by atoms with Crippen molar-refractivity contribution in [2.45, 2.75) is 19.4 Å². The zero-order chi connectivity index (χ0) is 13.3. The molecular formula is C12H22N4O2S. The van der Waals surface area contributed by atoms with Crippen LogP contribution in [0.5, 0.6) is 0 Å². The summed E-state index contributed by atoms with van der Waals surface area (Å²) in [5.41, 5.74) is 0. The molecule has 1 saturated heterocycles. The summed E-state index contributed by atoms with van der Waals surface area (Å²) in [4.78, 5) is 0. The van der Waals surface area contributed by atoms with Gasteiger partial charge in [-0.25, -0.2) is 0 Å². The molecule has 7 heteroatoms. The third-order valence-electron chi connectivity index (χ3n) is 3.11. The first kappa shape index (κ1) is 14.6. The molecule has 0 aliphatic carbocycles. The highest BCUT2D eigenvalue weighted by Gasteiger charge is 2.14. The highest BCUT2D eigenvalue weighted by Crippen LogP contribution is 2.22. The van der Waals surface area contributed by atoms with Gasteiger partial charge < -0.3 is 19.8 Å². The van der Waals surface area contributed by atoms with Gasteiger partial charge in [-0.05, 0) is 30.3 Å². The van der Waals surface area contributed by atoms with E-state index in [1.165, 1.54) is 24.3 Å². The van der Waals surface area contributed by atoms with Crippen molar-refractivity contribution in [2.24, 2.45) is 5.92 Å². The molecule has 1 aliphatic rings. The lowest BCUT2D eigenvalue weighted by molar-refractivity contribution is 0.198. The van der Waals surface area contributed by atoms with Crippen LogP contribution >= 0.6 is 11.8 Å². The van der Waals surface area contributed by atoms with Crippen molar-refractivity contribution in [3.63, 3.8) is 0 Å². The van der Waals surface area contributed by atoms with Crippen LogP contribution in [0.4, 0.5) is 6.01 Å². The second-order valence-corrected chi connectivity index (χ2v) is 5.83. The minimum atomic E-state index is 0.529. The van der Waals surface area contributed by atoms with E-state index in [0.717, 1.165) is 19.0 Å². The SMILES string of the molecule is COCCNCc1nnc(NCC2CCSCC2)o1. The molecule has 0 saturated carbocycles. The largest absolute Gasteiger partial charge is 0.407 e. The van der Waals surface area contributed by atoms with E-state index in [-0.39, 0.29) is 0 Å². The maximum absolute atomic E-state index is 5.51. The summed E-state index contributed by atoms with van der Waals surface area (Å²) >= 11 is 2.04. The normalized spacial score (nSPS) is 16.7. The van der Waals surface area contributed by atoms with Crippen LogP contribution in [0.25, 0.3) is 0 Å². The molecule has 0 bridgehead atoms. The summed E-state index contributed by atoms with van der Waals surface area (Å²) in [6.07, 6.45) is 2.55. The third kappa shape index (κ3) is 5.38. The highest BCUT2D eigenvalue weighted by atomic mass is 32.2. The second kappa shape index (κ2) is 8.39. The van der Waals surface area contributed by atoms with E-state index in [4.69, 9.17) is 9.15 Å². The summed E-state index contributed by atoms with van der Waals surface area (Å²) < 4.78 is 10.5. The van der Waals surface area contributed by atoms with Crippen LogP contribution in [0.1, 0.15) is 18.7 Å². The van der Waals surface area contributed by atoms with Crippen LogP contribution in [-0.2, 0) is 11.3 Å². The van der Waals surface area contributed by atoms with Crippen LogP contribution in [0.2, 0.25) is 0 Å². The van der Waals surface area contributed by atoms with Gasteiger partial charge in [-0.3, -0.25) is 0 Å². The Bertz CT molecular complexity index is 355. The lowest BCUT2D eigenvalue weighted by Crippen LogP contribution is -2.19. The van der Waals surface area contributed by atoms with E-state index in [0.29, 0.717) is 25.1 Å². The van der Waals surface area contributed by atoms with Crippen molar-refractivity contribution in [1.82, 2.24) is 15.5 Å². The predicted molar refractivity (Wildman–Crippen MR) is 76.4 cm³/mol. The number of rotatable bonds is 8. The second-order valence-electron chi connectivity index (χ2n) is 4.61. The fourth-order valence-corrected chi connectivity index (χ4v) is 3.15. The molecule has 1 fully saturated rings. The van der Waals surface area contributed by atoms with Gasteiger partial charge in [0, 0.05) is 20.2 Å². The number of anilines is 1. The number of ether oxygens (including phenoxy) is 1. The number of hydrogen-bond acceptors (Lipinski definition) is 7. The Kier molecular flexibility index (Phi) is 6.46. The molecule has 1 aromatic heterocycles. The quantitative estimate of drug-likeness (QED) is 0.699. The molecule has 19 heavy (non-hydrogen) atoms. The highest BCUT2D eigenvalue weighted by molar-refractivity contribution is 7.99. The van der Waals surface area contributed by atoms with E-state index < -0.39 is 0 Å². The van der Waals surface area contributed by atoms with Gasteiger partial charge in [0.15, 0.2) is 0 Å². The Balaban J connectivity index is 1.65. The number of thioether (sulfide) groups is 1. The van der Waals surface area contributed by atoms with Gasteiger partial charge >= 0.3 is 6.01 Å². The van der Waals surface area contributed by atoms with Crippen molar-refractivity contribution in [1.29, 1.82) is 0 Å². The minimum absolute atomic E-state index is 0.529. The Morgan fingerprint density at radius 1 is 1.37 bits per heavy atom. The van der Waals surface area contributed by atoms with Crippen molar-refractivity contribution < 1.29 is 9.15 Å². The zero-order valence-electron chi connectivity index (χ0n) is 11.4. The Labute approximate surface area is 118 Å². The van der Waals surface area contributed by atoms with E-state index in [1.807, 2.05) is 11.8 Å². The molecule has 0 spiro atoms. The molecule has 0 unspecified atom stereocenters. The predicted octanol–water partition coefficient (Wildman–Crippen LogP) is 1.36. The summed E-state index contributed by atoms with van der Waals surface area (Å²) in [6.45, 7) is 2.97. The summed E-state index contributed by atoms with van der Waals surface area (Å²) in [5.74, 6) is 3.88. The van der Waals surface area contributed by atoms with Gasteiger partial charge in [0.1, 0.15) is 0 Å². The van der Waals surface area contributed by atoms with E-state index >= 15 is 0 Å². The zero-order valence-corrected chi connectivity index (χ0v) is 12.2. The Morgan fingerprint density at radius 2 is 2.21 bits per heavy atom. The molecule has 0 radical (unpaired) electrons. The average molecular weight is 286 g/mol. The molecule has 2 N–H and O–H groups in total. The van der Waals surface area contributed by atoms with Crippen molar-refractivity contribution in [2.75, 3.05) is 43.6 Å². The van der Waals surface area contributed by atoms with E-state index in [9.17, 15) is 0 Å². The molecule has 1 aliphatic heterocycles. The number of hydrogen-bond donors (Lipinski definition) is 2. The molecule has 2 heterocycles. The first-order chi connectivity index (χ1) is 9.38. The van der Waals surface area contributed by atoms with Crippen LogP contribution in [0.15, 0.2) is 4.42 Å².